The minimum absolute atomic E-state index is 0.00684. The zero-order valence-corrected chi connectivity index (χ0v) is 14.4. The molecular formula is C19H23N5O. The maximum atomic E-state index is 12.6. The average molecular weight is 337 g/mol. The van der Waals surface area contributed by atoms with Crippen LogP contribution in [0.2, 0.25) is 0 Å². The number of nitrogens with zero attached hydrogens (tertiary/aromatic N) is 2. The molecule has 4 rings (SSSR count). The molecule has 3 aromatic rings. The Kier molecular flexibility index (Phi) is 4.28. The Bertz CT molecular complexity index is 888. The number of aryl methyl sites for hydroxylation is 1. The van der Waals surface area contributed by atoms with E-state index in [1.54, 1.807) is 6.20 Å². The Morgan fingerprint density at radius 2 is 2.28 bits per heavy atom. The number of anilines is 1. The van der Waals surface area contributed by atoms with Gasteiger partial charge in [0.05, 0.1) is 24.0 Å². The molecule has 0 aliphatic carbocycles. The molecule has 130 valence electrons. The molecule has 3 heterocycles. The van der Waals surface area contributed by atoms with E-state index in [2.05, 4.69) is 50.7 Å². The van der Waals surface area contributed by atoms with Gasteiger partial charge in [0.1, 0.15) is 0 Å². The number of rotatable bonds is 5. The Balaban J connectivity index is 1.53. The molecule has 6 nitrogen and oxygen atoms in total. The predicted molar refractivity (Wildman–Crippen MR) is 98.8 cm³/mol. The average Bonchev–Trinajstić information content (AvgIpc) is 3.35. The van der Waals surface area contributed by atoms with Crippen LogP contribution >= 0.6 is 0 Å². The lowest BCUT2D eigenvalue weighted by Crippen LogP contribution is -2.16. The van der Waals surface area contributed by atoms with Crippen molar-refractivity contribution in [2.45, 2.75) is 32.2 Å². The zero-order valence-electron chi connectivity index (χ0n) is 14.4. The van der Waals surface area contributed by atoms with Gasteiger partial charge in [0.15, 0.2) is 0 Å². The van der Waals surface area contributed by atoms with E-state index in [0.29, 0.717) is 12.3 Å². The van der Waals surface area contributed by atoms with Crippen LogP contribution in [0.3, 0.4) is 0 Å². The summed E-state index contributed by atoms with van der Waals surface area (Å²) in [5.74, 6) is 0.382. The normalized spacial score (nSPS) is 17.2. The minimum atomic E-state index is -0.00684. The third-order valence-corrected chi connectivity index (χ3v) is 4.97. The number of aromatic nitrogens is 3. The molecule has 25 heavy (non-hydrogen) atoms. The van der Waals surface area contributed by atoms with Gasteiger partial charge in [-0.1, -0.05) is 18.2 Å². The van der Waals surface area contributed by atoms with Crippen LogP contribution in [0.5, 0.6) is 0 Å². The second kappa shape index (κ2) is 6.72. The highest BCUT2D eigenvalue weighted by molar-refractivity contribution is 5.96. The number of H-pyrrole nitrogens is 1. The smallest absolute Gasteiger partial charge is 0.228 e. The fourth-order valence-electron chi connectivity index (χ4n) is 3.70. The number of fused-ring (bicyclic) bond motifs is 1. The van der Waals surface area contributed by atoms with E-state index in [1.807, 2.05) is 12.1 Å². The van der Waals surface area contributed by atoms with Crippen molar-refractivity contribution in [3.05, 3.63) is 47.9 Å². The van der Waals surface area contributed by atoms with Crippen LogP contribution in [0.15, 0.2) is 36.7 Å². The molecule has 1 aliphatic rings. The lowest BCUT2D eigenvalue weighted by Gasteiger charge is -2.10. The summed E-state index contributed by atoms with van der Waals surface area (Å²) in [6, 6.07) is 8.23. The van der Waals surface area contributed by atoms with E-state index in [0.717, 1.165) is 48.4 Å². The first kappa shape index (κ1) is 15.9. The molecule has 0 bridgehead atoms. The first-order valence-electron chi connectivity index (χ1n) is 8.87. The monoisotopic (exact) mass is 337 g/mol. The van der Waals surface area contributed by atoms with Gasteiger partial charge in [-0.15, -0.1) is 0 Å². The molecule has 1 fully saturated rings. The van der Waals surface area contributed by atoms with Crippen molar-refractivity contribution in [3.8, 4) is 0 Å². The molecule has 1 amide bonds. The number of nitrogens with one attached hydrogen (secondary N) is 3. The second-order valence-corrected chi connectivity index (χ2v) is 6.57. The topological polar surface area (TPSA) is 74.7 Å². The number of carbonyl (C=O) groups excluding carboxylic acids is 1. The molecule has 1 aromatic carbocycles. The van der Waals surface area contributed by atoms with Gasteiger partial charge in [-0.05, 0) is 31.5 Å². The number of aromatic amines is 1. The fourth-order valence-corrected chi connectivity index (χ4v) is 3.70. The third-order valence-electron chi connectivity index (χ3n) is 4.97. The van der Waals surface area contributed by atoms with E-state index in [4.69, 9.17) is 0 Å². The molecule has 1 unspecified atom stereocenters. The van der Waals surface area contributed by atoms with Crippen LogP contribution in [0.25, 0.3) is 10.9 Å². The van der Waals surface area contributed by atoms with Gasteiger partial charge < -0.3 is 15.2 Å². The van der Waals surface area contributed by atoms with Crippen LogP contribution in [0.4, 0.5) is 5.69 Å². The number of hydrogen-bond acceptors (Lipinski definition) is 3. The largest absolute Gasteiger partial charge is 0.347 e. The Morgan fingerprint density at radius 3 is 3.08 bits per heavy atom. The lowest BCUT2D eigenvalue weighted by molar-refractivity contribution is -0.115. The summed E-state index contributed by atoms with van der Waals surface area (Å²) in [6.45, 7) is 4.94. The van der Waals surface area contributed by atoms with E-state index in [-0.39, 0.29) is 5.91 Å². The lowest BCUT2D eigenvalue weighted by atomic mass is 10.0. The number of para-hydroxylation sites is 1. The predicted octanol–water partition coefficient (Wildman–Crippen LogP) is 2.64. The summed E-state index contributed by atoms with van der Waals surface area (Å²) in [6.07, 6.45) is 5.22. The molecule has 1 atom stereocenters. The first-order valence-corrected chi connectivity index (χ1v) is 8.87. The third kappa shape index (κ3) is 3.05. The van der Waals surface area contributed by atoms with Crippen LogP contribution in [0.1, 0.15) is 30.5 Å². The van der Waals surface area contributed by atoms with Gasteiger partial charge in [-0.3, -0.25) is 9.89 Å². The van der Waals surface area contributed by atoms with Crippen molar-refractivity contribution in [2.75, 3.05) is 18.4 Å². The number of benzene rings is 1. The zero-order chi connectivity index (χ0) is 17.2. The van der Waals surface area contributed by atoms with Crippen molar-refractivity contribution in [3.63, 3.8) is 0 Å². The Labute approximate surface area is 146 Å². The van der Waals surface area contributed by atoms with Gasteiger partial charge in [0, 0.05) is 36.1 Å². The van der Waals surface area contributed by atoms with E-state index in [1.165, 1.54) is 5.52 Å². The molecule has 0 radical (unpaired) electrons. The number of carbonyl (C=O) groups is 1. The van der Waals surface area contributed by atoms with E-state index in [9.17, 15) is 4.79 Å². The minimum Gasteiger partial charge on any atom is -0.347 e. The molecule has 6 heteroatoms. The van der Waals surface area contributed by atoms with Crippen molar-refractivity contribution in [1.29, 1.82) is 0 Å². The summed E-state index contributed by atoms with van der Waals surface area (Å²) in [7, 11) is 0. The SMILES string of the molecule is CCn1cc(CC(=O)Nc2cn[nH]c2C2CCNC2)c2ccccc21. The molecular weight excluding hydrogens is 314 g/mol. The quantitative estimate of drug-likeness (QED) is 0.670. The van der Waals surface area contributed by atoms with Crippen molar-refractivity contribution >= 4 is 22.5 Å². The molecule has 0 spiro atoms. The first-order chi connectivity index (χ1) is 12.3. The summed E-state index contributed by atoms with van der Waals surface area (Å²) in [5.41, 5.74) is 4.06. The van der Waals surface area contributed by atoms with Crippen LogP contribution in [-0.2, 0) is 17.8 Å². The highest BCUT2D eigenvalue weighted by atomic mass is 16.1. The highest BCUT2D eigenvalue weighted by Gasteiger charge is 2.22. The standard InChI is InChI=1S/C19H23N5O/c1-2-24-12-14(15-5-3-4-6-17(15)24)9-18(25)22-16-11-21-23-19(16)13-7-8-20-10-13/h3-6,11-13,20H,2,7-10H2,1H3,(H,21,23)(H,22,25). The van der Waals surface area contributed by atoms with Gasteiger partial charge >= 0.3 is 0 Å². The number of hydrogen-bond donors (Lipinski definition) is 3. The Morgan fingerprint density at radius 1 is 1.40 bits per heavy atom. The molecule has 2 aromatic heterocycles. The number of amides is 1. The van der Waals surface area contributed by atoms with Crippen molar-refractivity contribution < 1.29 is 4.79 Å². The van der Waals surface area contributed by atoms with Gasteiger partial charge in [-0.25, -0.2) is 0 Å². The summed E-state index contributed by atoms with van der Waals surface area (Å²) in [4.78, 5) is 12.6. The van der Waals surface area contributed by atoms with Crippen LogP contribution in [-0.4, -0.2) is 33.8 Å². The molecule has 3 N–H and O–H groups in total. The Hall–Kier alpha value is -2.60. The summed E-state index contributed by atoms with van der Waals surface area (Å²) >= 11 is 0. The van der Waals surface area contributed by atoms with Gasteiger partial charge in [0.2, 0.25) is 5.91 Å². The second-order valence-electron chi connectivity index (χ2n) is 6.57. The van der Waals surface area contributed by atoms with Crippen molar-refractivity contribution in [1.82, 2.24) is 20.1 Å². The maximum absolute atomic E-state index is 12.6. The fraction of sp³-hybridized carbons (Fsp3) is 0.368. The van der Waals surface area contributed by atoms with Gasteiger partial charge in [0.25, 0.3) is 0 Å². The molecule has 1 aliphatic heterocycles. The summed E-state index contributed by atoms with van der Waals surface area (Å²) in [5, 5.41) is 14.7. The van der Waals surface area contributed by atoms with E-state index < -0.39 is 0 Å². The van der Waals surface area contributed by atoms with Crippen molar-refractivity contribution in [2.24, 2.45) is 0 Å². The summed E-state index contributed by atoms with van der Waals surface area (Å²) < 4.78 is 2.19. The maximum Gasteiger partial charge on any atom is 0.228 e. The molecule has 0 saturated carbocycles. The van der Waals surface area contributed by atoms with E-state index >= 15 is 0 Å². The molecule has 1 saturated heterocycles. The highest BCUT2D eigenvalue weighted by Crippen LogP contribution is 2.27. The van der Waals surface area contributed by atoms with Gasteiger partial charge in [-0.2, -0.15) is 5.10 Å². The van der Waals surface area contributed by atoms with Crippen LogP contribution in [0, 0.1) is 0 Å². The van der Waals surface area contributed by atoms with Crippen LogP contribution < -0.4 is 10.6 Å².